The summed E-state index contributed by atoms with van der Waals surface area (Å²) in [6.45, 7) is 4.14. The summed E-state index contributed by atoms with van der Waals surface area (Å²) in [7, 11) is 0. The molecule has 1 aliphatic rings. The maximum atomic E-state index is 11.3. The van der Waals surface area contributed by atoms with E-state index in [0.29, 0.717) is 0 Å². The maximum absolute atomic E-state index is 11.3. The summed E-state index contributed by atoms with van der Waals surface area (Å²) in [5.41, 5.74) is 5.21. The second-order valence-electron chi connectivity index (χ2n) is 6.74. The van der Waals surface area contributed by atoms with Gasteiger partial charge in [-0.1, -0.05) is 0 Å². The molecule has 1 aliphatic heterocycles. The van der Waals surface area contributed by atoms with Crippen LogP contribution in [0.5, 0.6) is 0 Å². The highest BCUT2D eigenvalue weighted by Crippen LogP contribution is 2.28. The van der Waals surface area contributed by atoms with E-state index in [4.69, 9.17) is 4.98 Å². The number of carbonyl (C=O) groups is 1. The normalized spacial score (nSPS) is 14.0. The molecule has 0 atom stereocenters. The highest BCUT2D eigenvalue weighted by Gasteiger charge is 2.20. The summed E-state index contributed by atoms with van der Waals surface area (Å²) < 4.78 is 2.28. The average Bonchev–Trinajstić information content (AvgIpc) is 3.23. The van der Waals surface area contributed by atoms with E-state index in [-0.39, 0.29) is 5.91 Å². The lowest BCUT2D eigenvalue weighted by Gasteiger charge is -2.30. The van der Waals surface area contributed by atoms with Crippen LogP contribution in [0.15, 0.2) is 48.7 Å². The van der Waals surface area contributed by atoms with E-state index >= 15 is 0 Å². The van der Waals surface area contributed by atoms with E-state index in [2.05, 4.69) is 44.0 Å². The van der Waals surface area contributed by atoms with E-state index in [1.807, 2.05) is 24.4 Å². The van der Waals surface area contributed by atoms with Crippen molar-refractivity contribution in [3.63, 3.8) is 0 Å². The zero-order valence-electron chi connectivity index (χ0n) is 14.5. The molecule has 0 saturated heterocycles. The molecule has 0 fully saturated rings. The maximum Gasteiger partial charge on any atom is 0.221 e. The van der Waals surface area contributed by atoms with Crippen LogP contribution < -0.4 is 10.2 Å². The molecule has 0 spiro atoms. The van der Waals surface area contributed by atoms with Crippen LogP contribution in [0.2, 0.25) is 0 Å². The first-order chi connectivity index (χ1) is 12.7. The predicted molar refractivity (Wildman–Crippen MR) is 103 cm³/mol. The predicted octanol–water partition coefficient (Wildman–Crippen LogP) is 3.50. The van der Waals surface area contributed by atoms with Gasteiger partial charge in [0, 0.05) is 48.5 Å². The van der Waals surface area contributed by atoms with Crippen LogP contribution in [0, 0.1) is 0 Å². The number of H-pyrrole nitrogens is 1. The summed E-state index contributed by atoms with van der Waals surface area (Å²) in [5, 5.41) is 4.05. The fourth-order valence-electron chi connectivity index (χ4n) is 3.76. The number of anilines is 2. The quantitative estimate of drug-likeness (QED) is 0.584. The van der Waals surface area contributed by atoms with Gasteiger partial charge in [0.2, 0.25) is 5.91 Å². The number of fused-ring (bicyclic) bond motifs is 4. The van der Waals surface area contributed by atoms with Gasteiger partial charge in [-0.25, -0.2) is 4.98 Å². The van der Waals surface area contributed by atoms with Crippen LogP contribution in [0.3, 0.4) is 0 Å². The number of hydrogen-bond donors (Lipinski definition) is 2. The minimum Gasteiger partial charge on any atom is -0.362 e. The molecule has 2 N–H and O–H groups in total. The largest absolute Gasteiger partial charge is 0.362 e. The van der Waals surface area contributed by atoms with Gasteiger partial charge in [0.25, 0.3) is 0 Å². The number of nitrogens with zero attached hydrogens (tertiary/aromatic N) is 3. The summed E-state index contributed by atoms with van der Waals surface area (Å²) in [6.07, 6.45) is 1.97. The Kier molecular flexibility index (Phi) is 3.25. The molecule has 6 nitrogen and oxygen atoms in total. The zero-order valence-corrected chi connectivity index (χ0v) is 14.5. The molecule has 26 heavy (non-hydrogen) atoms. The number of hydrogen-bond acceptors (Lipinski definition) is 3. The van der Waals surface area contributed by atoms with Crippen LogP contribution in [-0.4, -0.2) is 27.0 Å². The van der Waals surface area contributed by atoms with Crippen molar-refractivity contribution in [1.82, 2.24) is 14.5 Å². The Morgan fingerprint density at radius 1 is 1.15 bits per heavy atom. The molecule has 0 radical (unpaired) electrons. The third-order valence-corrected chi connectivity index (χ3v) is 4.98. The first-order valence-corrected chi connectivity index (χ1v) is 8.76. The fourth-order valence-corrected chi connectivity index (χ4v) is 3.76. The first-order valence-electron chi connectivity index (χ1n) is 8.76. The number of aromatic nitrogens is 3. The molecule has 3 heterocycles. The number of carbonyl (C=O) groups excluding carboxylic acids is 1. The molecule has 2 aromatic heterocycles. The highest BCUT2D eigenvalue weighted by atomic mass is 16.1. The molecule has 4 aromatic rings. The van der Waals surface area contributed by atoms with Crippen molar-refractivity contribution in [2.24, 2.45) is 0 Å². The van der Waals surface area contributed by atoms with E-state index in [9.17, 15) is 4.79 Å². The number of nitrogens with one attached hydrogen (secondary N) is 2. The molecule has 2 aromatic carbocycles. The van der Waals surface area contributed by atoms with E-state index < -0.39 is 0 Å². The van der Waals surface area contributed by atoms with E-state index in [0.717, 1.165) is 47.7 Å². The summed E-state index contributed by atoms with van der Waals surface area (Å²) in [6, 6.07) is 14.5. The SMILES string of the molecule is CC(=O)Nc1ccc2c(c1)nc1n2CCN(c2ccc3[nH]ccc3c2)C1. The molecule has 130 valence electrons. The van der Waals surface area contributed by atoms with Gasteiger partial charge in [0.05, 0.1) is 17.6 Å². The Hall–Kier alpha value is -3.28. The Labute approximate surface area is 150 Å². The van der Waals surface area contributed by atoms with Gasteiger partial charge in [-0.2, -0.15) is 0 Å². The molecular formula is C20H19N5O. The molecule has 5 rings (SSSR count). The molecule has 0 saturated carbocycles. The lowest BCUT2D eigenvalue weighted by molar-refractivity contribution is -0.114. The van der Waals surface area contributed by atoms with Gasteiger partial charge in [-0.3, -0.25) is 4.79 Å². The minimum atomic E-state index is -0.0698. The van der Waals surface area contributed by atoms with Crippen molar-refractivity contribution >= 4 is 39.2 Å². The summed E-state index contributed by atoms with van der Waals surface area (Å²) >= 11 is 0. The lowest BCUT2D eigenvalue weighted by Crippen LogP contribution is -2.33. The topological polar surface area (TPSA) is 66.0 Å². The van der Waals surface area contributed by atoms with Gasteiger partial charge in [-0.15, -0.1) is 0 Å². The van der Waals surface area contributed by atoms with Crippen molar-refractivity contribution < 1.29 is 4.79 Å². The second-order valence-corrected chi connectivity index (χ2v) is 6.74. The fraction of sp³-hybridized carbons (Fsp3) is 0.200. The molecule has 0 unspecified atom stereocenters. The second kappa shape index (κ2) is 5.62. The Morgan fingerprint density at radius 3 is 2.96 bits per heavy atom. The molecule has 6 heteroatoms. The monoisotopic (exact) mass is 345 g/mol. The minimum absolute atomic E-state index is 0.0698. The Balaban J connectivity index is 1.48. The number of amides is 1. The Morgan fingerprint density at radius 2 is 2.08 bits per heavy atom. The van der Waals surface area contributed by atoms with Crippen LogP contribution in [-0.2, 0) is 17.9 Å². The number of rotatable bonds is 2. The Bertz CT molecular complexity index is 1140. The third-order valence-electron chi connectivity index (χ3n) is 4.98. The lowest BCUT2D eigenvalue weighted by atomic mass is 10.2. The van der Waals surface area contributed by atoms with Crippen LogP contribution in [0.25, 0.3) is 21.9 Å². The van der Waals surface area contributed by atoms with Gasteiger partial charge < -0.3 is 19.8 Å². The van der Waals surface area contributed by atoms with Gasteiger partial charge in [-0.05, 0) is 42.5 Å². The van der Waals surface area contributed by atoms with Gasteiger partial charge >= 0.3 is 0 Å². The van der Waals surface area contributed by atoms with Crippen LogP contribution in [0.1, 0.15) is 12.7 Å². The summed E-state index contributed by atoms with van der Waals surface area (Å²) in [4.78, 5) is 21.7. The number of imidazole rings is 1. The standard InChI is InChI=1S/C20H19N5O/c1-13(26)22-15-2-5-19-18(11-15)23-20-12-24(8-9-25(19)20)16-3-4-17-14(10-16)6-7-21-17/h2-7,10-11,21H,8-9,12H2,1H3,(H,22,26). The summed E-state index contributed by atoms with van der Waals surface area (Å²) in [5.74, 6) is 0.986. The average molecular weight is 345 g/mol. The van der Waals surface area contributed by atoms with Crippen molar-refractivity contribution in [2.45, 2.75) is 20.0 Å². The molecule has 1 amide bonds. The van der Waals surface area contributed by atoms with Crippen LogP contribution >= 0.6 is 0 Å². The van der Waals surface area contributed by atoms with Gasteiger partial charge in [0.1, 0.15) is 5.82 Å². The van der Waals surface area contributed by atoms with E-state index in [1.54, 1.807) is 0 Å². The van der Waals surface area contributed by atoms with Crippen molar-refractivity contribution in [2.75, 3.05) is 16.8 Å². The van der Waals surface area contributed by atoms with Crippen LogP contribution in [0.4, 0.5) is 11.4 Å². The van der Waals surface area contributed by atoms with Crippen molar-refractivity contribution in [3.05, 3.63) is 54.5 Å². The highest BCUT2D eigenvalue weighted by molar-refractivity contribution is 5.91. The molecule has 0 aliphatic carbocycles. The zero-order chi connectivity index (χ0) is 17.7. The number of benzene rings is 2. The van der Waals surface area contributed by atoms with Crippen molar-refractivity contribution in [1.29, 1.82) is 0 Å². The van der Waals surface area contributed by atoms with E-state index in [1.165, 1.54) is 18.0 Å². The number of aromatic amines is 1. The van der Waals surface area contributed by atoms with Crippen molar-refractivity contribution in [3.8, 4) is 0 Å². The molecule has 0 bridgehead atoms. The van der Waals surface area contributed by atoms with Gasteiger partial charge in [0.15, 0.2) is 0 Å². The first kappa shape index (κ1) is 15.0. The third kappa shape index (κ3) is 2.42. The molecular weight excluding hydrogens is 326 g/mol. The smallest absolute Gasteiger partial charge is 0.221 e.